The number of hydrogen-bond donors (Lipinski definition) is 0. The first-order chi connectivity index (χ1) is 9.43. The number of halogens is 5. The molecule has 0 aliphatic rings. The summed E-state index contributed by atoms with van der Waals surface area (Å²) in [4.78, 5) is 12.1. The molecule has 0 aliphatic carbocycles. The Labute approximate surface area is 140 Å². The van der Waals surface area contributed by atoms with E-state index in [4.69, 9.17) is 62.7 Å². The van der Waals surface area contributed by atoms with Gasteiger partial charge in [-0.1, -0.05) is 76.2 Å². The summed E-state index contributed by atoms with van der Waals surface area (Å²) in [5.41, 5.74) is -0.128. The van der Waals surface area contributed by atoms with E-state index in [1.54, 1.807) is 30.3 Å². The highest BCUT2D eigenvalue weighted by Crippen LogP contribution is 2.44. The average molecular weight is 370 g/mol. The van der Waals surface area contributed by atoms with E-state index in [1.807, 2.05) is 0 Å². The number of benzene rings is 2. The molecule has 2 aromatic carbocycles. The van der Waals surface area contributed by atoms with Crippen molar-refractivity contribution < 1.29 is 9.53 Å². The molecule has 0 radical (unpaired) electrons. The molecule has 0 saturated carbocycles. The number of carbonyl (C=O) groups excluding carboxylic acids is 1. The van der Waals surface area contributed by atoms with Crippen LogP contribution in [0.15, 0.2) is 30.3 Å². The smallest absolute Gasteiger partial charge is 0.346 e. The normalized spacial score (nSPS) is 10.4. The minimum atomic E-state index is -0.772. The molecule has 0 aliphatic heterocycles. The van der Waals surface area contributed by atoms with Crippen LogP contribution in [0.3, 0.4) is 0 Å². The van der Waals surface area contributed by atoms with Gasteiger partial charge in [0.15, 0.2) is 0 Å². The number of carbonyl (C=O) groups is 1. The highest BCUT2D eigenvalue weighted by Gasteiger charge is 2.25. The van der Waals surface area contributed by atoms with Crippen molar-refractivity contribution in [2.24, 2.45) is 0 Å². The molecule has 104 valence electrons. The van der Waals surface area contributed by atoms with Crippen LogP contribution in [0.5, 0.6) is 5.75 Å². The predicted octanol–water partition coefficient (Wildman–Crippen LogP) is 6.17. The molecule has 0 amide bonds. The van der Waals surface area contributed by atoms with Crippen LogP contribution in [0.25, 0.3) is 0 Å². The molecule has 0 atom stereocenters. The Balaban J connectivity index is 2.45. The van der Waals surface area contributed by atoms with Crippen LogP contribution in [0.4, 0.5) is 0 Å². The lowest BCUT2D eigenvalue weighted by Gasteiger charge is -2.11. The molecule has 20 heavy (non-hydrogen) atoms. The summed E-state index contributed by atoms with van der Waals surface area (Å²) in [6, 6.07) is 8.44. The summed E-state index contributed by atoms with van der Waals surface area (Å²) in [7, 11) is 0. The maximum atomic E-state index is 12.1. The summed E-state index contributed by atoms with van der Waals surface area (Å²) in [6.07, 6.45) is 0. The standard InChI is InChI=1S/C13H5Cl5O2/c14-8-7(9(15)11(17)12(18)10(8)16)13(19)20-6-4-2-1-3-5-6/h1-5H. The van der Waals surface area contributed by atoms with E-state index in [9.17, 15) is 4.79 Å². The van der Waals surface area contributed by atoms with E-state index in [-0.39, 0.29) is 30.7 Å². The van der Waals surface area contributed by atoms with E-state index in [0.717, 1.165) is 0 Å². The van der Waals surface area contributed by atoms with Crippen molar-refractivity contribution in [3.8, 4) is 5.75 Å². The minimum Gasteiger partial charge on any atom is -0.423 e. The molecule has 0 saturated heterocycles. The molecule has 0 spiro atoms. The average Bonchev–Trinajstić information content (AvgIpc) is 2.44. The molecule has 2 rings (SSSR count). The van der Waals surface area contributed by atoms with Gasteiger partial charge < -0.3 is 4.74 Å². The van der Waals surface area contributed by atoms with Crippen molar-refractivity contribution in [2.45, 2.75) is 0 Å². The highest BCUT2D eigenvalue weighted by atomic mass is 35.5. The first-order valence-corrected chi connectivity index (χ1v) is 7.11. The van der Waals surface area contributed by atoms with E-state index < -0.39 is 5.97 Å². The summed E-state index contributed by atoms with van der Waals surface area (Å²) < 4.78 is 5.14. The molecule has 0 bridgehead atoms. The third kappa shape index (κ3) is 3.00. The van der Waals surface area contributed by atoms with Crippen molar-refractivity contribution in [1.29, 1.82) is 0 Å². The second kappa shape index (κ2) is 6.42. The lowest BCUT2D eigenvalue weighted by atomic mass is 10.2. The van der Waals surface area contributed by atoms with Crippen molar-refractivity contribution in [3.05, 3.63) is 61.0 Å². The molecular formula is C13H5Cl5O2. The van der Waals surface area contributed by atoms with Gasteiger partial charge in [-0.05, 0) is 12.1 Å². The molecule has 0 unspecified atom stereocenters. The third-order valence-corrected chi connectivity index (χ3v) is 4.64. The SMILES string of the molecule is O=C(Oc1ccccc1)c1c(Cl)c(Cl)c(Cl)c(Cl)c1Cl. The second-order valence-corrected chi connectivity index (χ2v) is 5.54. The van der Waals surface area contributed by atoms with Gasteiger partial charge in [0.05, 0.1) is 25.1 Å². The summed E-state index contributed by atoms with van der Waals surface area (Å²) in [5.74, 6) is -0.432. The lowest BCUT2D eigenvalue weighted by Crippen LogP contribution is -2.10. The zero-order valence-electron chi connectivity index (χ0n) is 9.59. The van der Waals surface area contributed by atoms with E-state index in [2.05, 4.69) is 0 Å². The zero-order chi connectivity index (χ0) is 14.9. The Hall–Kier alpha value is -0.640. The van der Waals surface area contributed by atoms with Crippen molar-refractivity contribution >= 4 is 64.0 Å². The Morgan fingerprint density at radius 3 is 1.70 bits per heavy atom. The van der Waals surface area contributed by atoms with Crippen LogP contribution in [0, 0.1) is 0 Å². The van der Waals surface area contributed by atoms with E-state index in [0.29, 0.717) is 5.75 Å². The maximum absolute atomic E-state index is 12.1. The van der Waals surface area contributed by atoms with Gasteiger partial charge in [-0.25, -0.2) is 4.79 Å². The van der Waals surface area contributed by atoms with Gasteiger partial charge in [-0.3, -0.25) is 0 Å². The number of hydrogen-bond acceptors (Lipinski definition) is 2. The predicted molar refractivity (Wildman–Crippen MR) is 82.9 cm³/mol. The van der Waals surface area contributed by atoms with Gasteiger partial charge in [-0.15, -0.1) is 0 Å². The molecule has 0 fully saturated rings. The van der Waals surface area contributed by atoms with E-state index in [1.165, 1.54) is 0 Å². The van der Waals surface area contributed by atoms with Crippen molar-refractivity contribution in [1.82, 2.24) is 0 Å². The first-order valence-electron chi connectivity index (χ1n) is 5.22. The monoisotopic (exact) mass is 368 g/mol. The molecular weight excluding hydrogens is 365 g/mol. The quantitative estimate of drug-likeness (QED) is 0.273. The van der Waals surface area contributed by atoms with Crippen LogP contribution in [0.2, 0.25) is 25.1 Å². The Bertz CT molecular complexity index is 641. The summed E-state index contributed by atoms with van der Waals surface area (Å²) in [6.45, 7) is 0. The largest absolute Gasteiger partial charge is 0.423 e. The number of para-hydroxylation sites is 1. The first kappa shape index (κ1) is 15.7. The van der Waals surface area contributed by atoms with Crippen molar-refractivity contribution in [2.75, 3.05) is 0 Å². The fraction of sp³-hybridized carbons (Fsp3) is 0. The van der Waals surface area contributed by atoms with Gasteiger partial charge in [-0.2, -0.15) is 0 Å². The zero-order valence-corrected chi connectivity index (χ0v) is 13.4. The number of ether oxygens (including phenoxy) is 1. The fourth-order valence-electron chi connectivity index (χ4n) is 1.43. The van der Waals surface area contributed by atoms with Gasteiger partial charge in [0.25, 0.3) is 0 Å². The van der Waals surface area contributed by atoms with Gasteiger partial charge in [0.1, 0.15) is 11.3 Å². The third-order valence-electron chi connectivity index (χ3n) is 2.37. The Morgan fingerprint density at radius 2 is 1.20 bits per heavy atom. The minimum absolute atomic E-state index is 0.0143. The Kier molecular flexibility index (Phi) is 5.05. The van der Waals surface area contributed by atoms with Crippen LogP contribution >= 0.6 is 58.0 Å². The van der Waals surface area contributed by atoms with E-state index >= 15 is 0 Å². The van der Waals surface area contributed by atoms with Gasteiger partial charge >= 0.3 is 5.97 Å². The topological polar surface area (TPSA) is 26.3 Å². The van der Waals surface area contributed by atoms with Gasteiger partial charge in [0, 0.05) is 0 Å². The second-order valence-electron chi connectivity index (χ2n) is 3.65. The molecule has 0 aromatic heterocycles. The van der Waals surface area contributed by atoms with Crippen LogP contribution in [0.1, 0.15) is 10.4 Å². The Morgan fingerprint density at radius 1 is 0.750 bits per heavy atom. The molecule has 0 N–H and O–H groups in total. The van der Waals surface area contributed by atoms with Crippen molar-refractivity contribution in [3.63, 3.8) is 0 Å². The molecule has 7 heteroatoms. The number of esters is 1. The van der Waals surface area contributed by atoms with Gasteiger partial charge in [0.2, 0.25) is 0 Å². The van der Waals surface area contributed by atoms with Crippen LogP contribution in [-0.4, -0.2) is 5.97 Å². The molecule has 0 heterocycles. The lowest BCUT2D eigenvalue weighted by molar-refractivity contribution is 0.0735. The molecule has 2 nitrogen and oxygen atoms in total. The maximum Gasteiger partial charge on any atom is 0.346 e. The fourth-order valence-corrected chi connectivity index (χ4v) is 2.72. The van der Waals surface area contributed by atoms with Crippen LogP contribution in [-0.2, 0) is 0 Å². The molecule has 2 aromatic rings. The number of rotatable bonds is 2. The van der Waals surface area contributed by atoms with Crippen LogP contribution < -0.4 is 4.74 Å². The highest BCUT2D eigenvalue weighted by molar-refractivity contribution is 6.56. The summed E-state index contributed by atoms with van der Waals surface area (Å²) in [5, 5.41) is -0.330. The summed E-state index contributed by atoms with van der Waals surface area (Å²) >= 11 is 29.6.